The van der Waals surface area contributed by atoms with E-state index in [0.29, 0.717) is 5.69 Å². The number of aromatic nitrogens is 4. The topological polar surface area (TPSA) is 133 Å². The highest BCUT2D eigenvalue weighted by molar-refractivity contribution is 5.56. The summed E-state index contributed by atoms with van der Waals surface area (Å²) in [4.78, 5) is 17.5. The van der Waals surface area contributed by atoms with Crippen LogP contribution in [0.3, 0.4) is 0 Å². The van der Waals surface area contributed by atoms with E-state index >= 15 is 0 Å². The summed E-state index contributed by atoms with van der Waals surface area (Å²) < 4.78 is 0. The third-order valence-electron chi connectivity index (χ3n) is 2.05. The van der Waals surface area contributed by atoms with Gasteiger partial charge in [-0.05, 0) is 12.1 Å². The summed E-state index contributed by atoms with van der Waals surface area (Å²) in [5.74, 6) is 0.0143. The fourth-order valence-electron chi connectivity index (χ4n) is 1.25. The number of nitrogens with zero attached hydrogens (tertiary/aromatic N) is 5. The van der Waals surface area contributed by atoms with Crippen molar-refractivity contribution >= 4 is 17.5 Å². The second-order valence-corrected chi connectivity index (χ2v) is 3.29. The SMILES string of the molecule is Nc1ncc([N+](=O)[O-])c(NCc2cccnn2)n1. The average molecular weight is 247 g/mol. The van der Waals surface area contributed by atoms with Crippen LogP contribution in [0.15, 0.2) is 24.5 Å². The lowest BCUT2D eigenvalue weighted by Crippen LogP contribution is -2.08. The molecule has 2 aromatic rings. The molecule has 2 heterocycles. The molecule has 9 nitrogen and oxygen atoms in total. The Morgan fingerprint density at radius 2 is 2.33 bits per heavy atom. The molecule has 0 fully saturated rings. The quantitative estimate of drug-likeness (QED) is 0.584. The first kappa shape index (κ1) is 11.6. The highest BCUT2D eigenvalue weighted by Crippen LogP contribution is 2.21. The van der Waals surface area contributed by atoms with Crippen LogP contribution in [0.25, 0.3) is 0 Å². The molecule has 0 saturated carbocycles. The molecule has 0 spiro atoms. The van der Waals surface area contributed by atoms with E-state index in [1.165, 1.54) is 6.20 Å². The second kappa shape index (κ2) is 4.99. The van der Waals surface area contributed by atoms with E-state index < -0.39 is 4.92 Å². The van der Waals surface area contributed by atoms with Gasteiger partial charge in [0.15, 0.2) is 0 Å². The maximum atomic E-state index is 10.8. The minimum Gasteiger partial charge on any atom is -0.368 e. The van der Waals surface area contributed by atoms with Crippen molar-refractivity contribution < 1.29 is 4.92 Å². The van der Waals surface area contributed by atoms with Crippen LogP contribution in [-0.2, 0) is 6.54 Å². The van der Waals surface area contributed by atoms with Crippen molar-refractivity contribution in [1.29, 1.82) is 0 Å². The van der Waals surface area contributed by atoms with Crippen LogP contribution >= 0.6 is 0 Å². The Morgan fingerprint density at radius 1 is 1.50 bits per heavy atom. The average Bonchev–Trinajstić information content (AvgIpc) is 2.37. The minimum atomic E-state index is -0.585. The Balaban J connectivity index is 2.18. The molecule has 0 aliphatic carbocycles. The van der Waals surface area contributed by atoms with Gasteiger partial charge < -0.3 is 11.1 Å². The summed E-state index contributed by atoms with van der Waals surface area (Å²) in [7, 11) is 0. The summed E-state index contributed by atoms with van der Waals surface area (Å²) in [6, 6.07) is 3.45. The maximum Gasteiger partial charge on any atom is 0.329 e. The maximum absolute atomic E-state index is 10.8. The van der Waals surface area contributed by atoms with Crippen molar-refractivity contribution in [2.75, 3.05) is 11.1 Å². The number of rotatable bonds is 4. The van der Waals surface area contributed by atoms with Crippen molar-refractivity contribution in [3.8, 4) is 0 Å². The van der Waals surface area contributed by atoms with E-state index in [4.69, 9.17) is 5.73 Å². The molecule has 0 atom stereocenters. The molecule has 9 heteroatoms. The first-order chi connectivity index (χ1) is 8.66. The molecule has 0 radical (unpaired) electrons. The molecule has 0 unspecified atom stereocenters. The van der Waals surface area contributed by atoms with Crippen LogP contribution < -0.4 is 11.1 Å². The van der Waals surface area contributed by atoms with E-state index in [0.717, 1.165) is 6.20 Å². The van der Waals surface area contributed by atoms with Crippen molar-refractivity contribution in [3.05, 3.63) is 40.3 Å². The van der Waals surface area contributed by atoms with Crippen molar-refractivity contribution in [2.24, 2.45) is 0 Å². The number of nitrogens with one attached hydrogen (secondary N) is 1. The molecule has 92 valence electrons. The van der Waals surface area contributed by atoms with Gasteiger partial charge in [-0.25, -0.2) is 4.98 Å². The minimum absolute atomic E-state index is 0.0396. The van der Waals surface area contributed by atoms with Gasteiger partial charge in [0.25, 0.3) is 0 Å². The van der Waals surface area contributed by atoms with E-state index in [2.05, 4.69) is 25.5 Å². The van der Waals surface area contributed by atoms with Crippen LogP contribution in [-0.4, -0.2) is 25.1 Å². The molecule has 0 saturated heterocycles. The lowest BCUT2D eigenvalue weighted by Gasteiger charge is -2.05. The van der Waals surface area contributed by atoms with Crippen LogP contribution in [0.1, 0.15) is 5.69 Å². The first-order valence-corrected chi connectivity index (χ1v) is 4.94. The summed E-state index contributed by atoms with van der Waals surface area (Å²) in [6.45, 7) is 0.255. The predicted molar refractivity (Wildman–Crippen MR) is 62.5 cm³/mol. The smallest absolute Gasteiger partial charge is 0.329 e. The molecule has 2 rings (SSSR count). The summed E-state index contributed by atoms with van der Waals surface area (Å²) in [5.41, 5.74) is 5.77. The molecule has 0 aliphatic rings. The van der Waals surface area contributed by atoms with Crippen molar-refractivity contribution in [3.63, 3.8) is 0 Å². The normalized spacial score (nSPS) is 10.0. The molecular formula is C9H9N7O2. The van der Waals surface area contributed by atoms with Gasteiger partial charge in [0.05, 0.1) is 17.2 Å². The molecule has 0 bridgehead atoms. The van der Waals surface area contributed by atoms with Gasteiger partial charge in [-0.3, -0.25) is 10.1 Å². The number of anilines is 2. The molecule has 2 aromatic heterocycles. The van der Waals surface area contributed by atoms with Gasteiger partial charge in [0.2, 0.25) is 11.8 Å². The standard InChI is InChI=1S/C9H9N7O2/c10-9-12-5-7(16(17)18)8(14-9)11-4-6-2-1-3-13-15-6/h1-3,5H,4H2,(H3,10,11,12,14). The first-order valence-electron chi connectivity index (χ1n) is 4.94. The van der Waals surface area contributed by atoms with Gasteiger partial charge in [-0.15, -0.1) is 0 Å². The zero-order valence-corrected chi connectivity index (χ0v) is 9.15. The lowest BCUT2D eigenvalue weighted by atomic mass is 10.4. The Kier molecular flexibility index (Phi) is 3.23. The van der Waals surface area contributed by atoms with Gasteiger partial charge in [0.1, 0.15) is 6.20 Å². The molecule has 18 heavy (non-hydrogen) atoms. The van der Waals surface area contributed by atoms with E-state index in [9.17, 15) is 10.1 Å². The fraction of sp³-hybridized carbons (Fsp3) is 0.111. The summed E-state index contributed by atoms with van der Waals surface area (Å²) in [6.07, 6.45) is 2.59. The number of nitrogen functional groups attached to an aromatic ring is 1. The second-order valence-electron chi connectivity index (χ2n) is 3.29. The number of nitro groups is 1. The summed E-state index contributed by atoms with van der Waals surface area (Å²) >= 11 is 0. The van der Waals surface area contributed by atoms with Crippen LogP contribution in [0, 0.1) is 10.1 Å². The largest absolute Gasteiger partial charge is 0.368 e. The highest BCUT2D eigenvalue weighted by Gasteiger charge is 2.16. The number of nitrogens with two attached hydrogens (primary N) is 1. The fourth-order valence-corrected chi connectivity index (χ4v) is 1.25. The Labute approximate surface area is 101 Å². The molecule has 0 amide bonds. The zero-order valence-electron chi connectivity index (χ0n) is 9.15. The van der Waals surface area contributed by atoms with Crippen molar-refractivity contribution in [1.82, 2.24) is 20.2 Å². The lowest BCUT2D eigenvalue weighted by molar-refractivity contribution is -0.384. The third kappa shape index (κ3) is 2.64. The number of hydrogen-bond donors (Lipinski definition) is 2. The van der Waals surface area contributed by atoms with E-state index in [1.807, 2.05) is 0 Å². The third-order valence-corrected chi connectivity index (χ3v) is 2.05. The van der Waals surface area contributed by atoms with Gasteiger partial charge in [-0.1, -0.05) is 0 Å². The monoisotopic (exact) mass is 247 g/mol. The highest BCUT2D eigenvalue weighted by atomic mass is 16.6. The zero-order chi connectivity index (χ0) is 13.0. The molecule has 3 N–H and O–H groups in total. The van der Waals surface area contributed by atoms with Crippen molar-refractivity contribution in [2.45, 2.75) is 6.54 Å². The Morgan fingerprint density at radius 3 is 3.00 bits per heavy atom. The molecule has 0 aliphatic heterocycles. The summed E-state index contributed by atoms with van der Waals surface area (Å²) in [5, 5.41) is 21.1. The van der Waals surface area contributed by atoms with Crippen LogP contribution in [0.5, 0.6) is 0 Å². The van der Waals surface area contributed by atoms with Crippen LogP contribution in [0.4, 0.5) is 17.5 Å². The van der Waals surface area contributed by atoms with Gasteiger partial charge in [-0.2, -0.15) is 15.2 Å². The van der Waals surface area contributed by atoms with Gasteiger partial charge in [0, 0.05) is 6.20 Å². The van der Waals surface area contributed by atoms with Gasteiger partial charge >= 0.3 is 5.69 Å². The van der Waals surface area contributed by atoms with E-state index in [-0.39, 0.29) is 24.0 Å². The number of hydrogen-bond acceptors (Lipinski definition) is 8. The Hall–Kier alpha value is -2.84. The van der Waals surface area contributed by atoms with Crippen LogP contribution in [0.2, 0.25) is 0 Å². The molecular weight excluding hydrogens is 238 g/mol. The predicted octanol–water partition coefficient (Wildman–Crippen LogP) is 0.369. The molecule has 0 aromatic carbocycles. The van der Waals surface area contributed by atoms with E-state index in [1.54, 1.807) is 12.1 Å². The Bertz CT molecular complexity index is 560.